The molecule has 3 heterocycles. The second kappa shape index (κ2) is 5.58. The van der Waals surface area contributed by atoms with E-state index in [0.717, 1.165) is 21.6 Å². The molecule has 0 saturated carbocycles. The van der Waals surface area contributed by atoms with E-state index < -0.39 is 0 Å². The van der Waals surface area contributed by atoms with Crippen LogP contribution in [0.1, 0.15) is 15.9 Å². The van der Waals surface area contributed by atoms with Gasteiger partial charge in [-0.2, -0.15) is 0 Å². The molecule has 0 aliphatic carbocycles. The fourth-order valence-electron chi connectivity index (χ4n) is 2.60. The van der Waals surface area contributed by atoms with Gasteiger partial charge >= 0.3 is 0 Å². The molecule has 23 heavy (non-hydrogen) atoms. The van der Waals surface area contributed by atoms with Gasteiger partial charge in [0.1, 0.15) is 12.0 Å². The highest BCUT2D eigenvalue weighted by Crippen LogP contribution is 2.30. The Kier molecular flexibility index (Phi) is 3.42. The molecule has 6 nitrogen and oxygen atoms in total. The van der Waals surface area contributed by atoms with Gasteiger partial charge in [0.15, 0.2) is 0 Å². The lowest BCUT2D eigenvalue weighted by Gasteiger charge is -2.20. The van der Waals surface area contributed by atoms with Crippen LogP contribution in [0.4, 0.5) is 5.69 Å². The molecule has 0 bridgehead atoms. The van der Waals surface area contributed by atoms with Crippen LogP contribution in [0.25, 0.3) is 0 Å². The molecule has 0 fully saturated rings. The van der Waals surface area contributed by atoms with Gasteiger partial charge in [-0.3, -0.25) is 9.78 Å². The molecule has 2 aliphatic heterocycles. The van der Waals surface area contributed by atoms with Crippen LogP contribution in [0, 0.1) is 0 Å². The zero-order valence-corrected chi connectivity index (χ0v) is 13.6. The number of pyridine rings is 1. The molecule has 1 atom stereocenters. The Labute approximate surface area is 141 Å². The Morgan fingerprint density at radius 2 is 2.26 bits per heavy atom. The number of aliphatic imine (C=N–C) groups is 2. The molecule has 1 aromatic carbocycles. The van der Waals surface area contributed by atoms with E-state index in [0.29, 0.717) is 12.1 Å². The first kappa shape index (κ1) is 14.1. The number of hydrogen-bond donors (Lipinski definition) is 1. The number of hydrogen-bond acceptors (Lipinski definition) is 5. The van der Waals surface area contributed by atoms with E-state index in [4.69, 9.17) is 0 Å². The minimum atomic E-state index is -0.307. The van der Waals surface area contributed by atoms with Gasteiger partial charge in [-0.25, -0.2) is 9.98 Å². The average Bonchev–Trinajstić information content (AvgIpc) is 2.98. The topological polar surface area (TPSA) is 70.0 Å². The molecular formula is C16H12BrN5O. The van der Waals surface area contributed by atoms with Crippen molar-refractivity contribution in [1.82, 2.24) is 15.2 Å². The van der Waals surface area contributed by atoms with Crippen molar-refractivity contribution in [2.75, 3.05) is 6.54 Å². The number of rotatable bonds is 2. The summed E-state index contributed by atoms with van der Waals surface area (Å²) in [5.41, 5.74) is 2.36. The zero-order valence-electron chi connectivity index (χ0n) is 12.0. The zero-order chi connectivity index (χ0) is 15.8. The molecule has 0 radical (unpaired) electrons. The molecule has 1 unspecified atom stereocenters. The van der Waals surface area contributed by atoms with Gasteiger partial charge in [-0.15, -0.1) is 0 Å². The average molecular weight is 370 g/mol. The van der Waals surface area contributed by atoms with Crippen LogP contribution in [0.3, 0.4) is 0 Å². The van der Waals surface area contributed by atoms with Crippen LogP contribution in [0.15, 0.2) is 57.2 Å². The third-order valence-corrected chi connectivity index (χ3v) is 4.17. The number of carbonyl (C=O) groups excluding carboxylic acids is 1. The van der Waals surface area contributed by atoms with E-state index >= 15 is 0 Å². The maximum Gasteiger partial charge on any atom is 0.254 e. The van der Waals surface area contributed by atoms with Crippen molar-refractivity contribution in [1.29, 1.82) is 0 Å². The Hall–Kier alpha value is -2.54. The van der Waals surface area contributed by atoms with E-state index in [9.17, 15) is 4.79 Å². The normalized spacial score (nSPS) is 18.2. The summed E-state index contributed by atoms with van der Waals surface area (Å²) in [7, 11) is 0. The number of benzene rings is 1. The van der Waals surface area contributed by atoms with Crippen LogP contribution in [0.5, 0.6) is 0 Å². The van der Waals surface area contributed by atoms with E-state index in [1.807, 2.05) is 23.1 Å². The molecule has 1 aromatic heterocycles. The predicted molar refractivity (Wildman–Crippen MR) is 91.0 cm³/mol. The lowest BCUT2D eigenvalue weighted by atomic mass is 10.1. The van der Waals surface area contributed by atoms with Gasteiger partial charge < -0.3 is 10.2 Å². The summed E-state index contributed by atoms with van der Waals surface area (Å²) in [6.45, 7) is 0.570. The Morgan fingerprint density at radius 3 is 3.09 bits per heavy atom. The summed E-state index contributed by atoms with van der Waals surface area (Å²) in [4.78, 5) is 27.2. The highest BCUT2D eigenvalue weighted by molar-refractivity contribution is 9.10. The maximum atomic E-state index is 12.2. The van der Waals surface area contributed by atoms with Gasteiger partial charge in [-0.05, 0) is 30.3 Å². The van der Waals surface area contributed by atoms with E-state index in [1.54, 1.807) is 30.9 Å². The molecule has 2 aliphatic rings. The smallest absolute Gasteiger partial charge is 0.254 e. The van der Waals surface area contributed by atoms with Crippen LogP contribution >= 0.6 is 15.9 Å². The number of amidine groups is 1. The lowest BCUT2D eigenvalue weighted by Crippen LogP contribution is -2.38. The lowest BCUT2D eigenvalue weighted by molar-refractivity contribution is 0.0938. The Bertz CT molecular complexity index is 834. The third kappa shape index (κ3) is 2.63. The number of fused-ring (bicyclic) bond motifs is 3. The second-order valence-electron chi connectivity index (χ2n) is 5.24. The summed E-state index contributed by atoms with van der Waals surface area (Å²) in [5, 5.41) is 2.91. The monoisotopic (exact) mass is 369 g/mol. The van der Waals surface area contributed by atoms with Gasteiger partial charge in [0, 0.05) is 22.4 Å². The first-order valence-corrected chi connectivity index (χ1v) is 7.89. The maximum absolute atomic E-state index is 12.2. The summed E-state index contributed by atoms with van der Waals surface area (Å²) in [5.74, 6) is 0.652. The molecule has 0 spiro atoms. The Morgan fingerprint density at radius 1 is 1.35 bits per heavy atom. The first-order valence-electron chi connectivity index (χ1n) is 7.10. The number of nitrogens with one attached hydrogen (secondary N) is 1. The van der Waals surface area contributed by atoms with Crippen LogP contribution in [-0.4, -0.2) is 40.7 Å². The van der Waals surface area contributed by atoms with Crippen molar-refractivity contribution in [3.8, 4) is 0 Å². The van der Waals surface area contributed by atoms with Crippen molar-refractivity contribution in [3.63, 3.8) is 0 Å². The number of carbonyl (C=O) groups is 1. The molecule has 0 saturated heterocycles. The fourth-order valence-corrected chi connectivity index (χ4v) is 2.95. The van der Waals surface area contributed by atoms with Gasteiger partial charge in [0.2, 0.25) is 0 Å². The predicted octanol–water partition coefficient (Wildman–Crippen LogP) is 2.34. The van der Waals surface area contributed by atoms with E-state index in [-0.39, 0.29) is 12.1 Å². The quantitative estimate of drug-likeness (QED) is 0.882. The number of nitrogens with zero attached hydrogens (tertiary/aromatic N) is 4. The van der Waals surface area contributed by atoms with Gasteiger partial charge in [-0.1, -0.05) is 15.9 Å². The van der Waals surface area contributed by atoms with E-state index in [1.165, 1.54) is 0 Å². The molecule has 114 valence electrons. The first-order chi connectivity index (χ1) is 11.2. The number of halogens is 1. The highest BCUT2D eigenvalue weighted by atomic mass is 79.9. The van der Waals surface area contributed by atoms with Crippen molar-refractivity contribution >= 4 is 39.7 Å². The van der Waals surface area contributed by atoms with Crippen molar-refractivity contribution in [3.05, 3.63) is 58.3 Å². The van der Waals surface area contributed by atoms with Crippen LogP contribution in [0.2, 0.25) is 0 Å². The summed E-state index contributed by atoms with van der Waals surface area (Å²) in [6, 6.07) is 9.35. The molecule has 4 rings (SSSR count). The molecule has 7 heteroatoms. The standard InChI is InChI=1S/C16H12BrN5O/c17-11-3-4-12-13(6-11)19-9-22-8-14(20-15(12)22)21-16(23)10-2-1-5-18-7-10/h1-7,9,14H,8H2,(H,21,23). The summed E-state index contributed by atoms with van der Waals surface area (Å²) in [6.07, 6.45) is 4.63. The van der Waals surface area contributed by atoms with Crippen molar-refractivity contribution < 1.29 is 4.79 Å². The molecular weight excluding hydrogens is 358 g/mol. The fraction of sp³-hybridized carbons (Fsp3) is 0.125. The van der Waals surface area contributed by atoms with Gasteiger partial charge in [0.25, 0.3) is 5.91 Å². The minimum absolute atomic E-state index is 0.180. The summed E-state index contributed by atoms with van der Waals surface area (Å²) >= 11 is 3.44. The molecule has 1 N–H and O–H groups in total. The van der Waals surface area contributed by atoms with Crippen LogP contribution in [-0.2, 0) is 0 Å². The molecule has 1 amide bonds. The summed E-state index contributed by atoms with van der Waals surface area (Å²) < 4.78 is 0.974. The number of amides is 1. The Balaban J connectivity index is 1.58. The highest BCUT2D eigenvalue weighted by Gasteiger charge is 2.30. The van der Waals surface area contributed by atoms with Crippen molar-refractivity contribution in [2.24, 2.45) is 9.98 Å². The SMILES string of the molecule is O=C(NC1CN2C=Nc3cc(Br)ccc3C2=N1)c1cccnc1. The third-order valence-electron chi connectivity index (χ3n) is 3.68. The van der Waals surface area contributed by atoms with E-state index in [2.05, 4.69) is 36.2 Å². The number of aromatic nitrogens is 1. The largest absolute Gasteiger partial charge is 0.329 e. The van der Waals surface area contributed by atoms with Crippen molar-refractivity contribution in [2.45, 2.75) is 6.17 Å². The molecule has 2 aromatic rings. The van der Waals surface area contributed by atoms with Gasteiger partial charge in [0.05, 0.1) is 24.1 Å². The second-order valence-corrected chi connectivity index (χ2v) is 6.16. The van der Waals surface area contributed by atoms with Crippen LogP contribution < -0.4 is 5.32 Å². The minimum Gasteiger partial charge on any atom is -0.329 e.